The van der Waals surface area contributed by atoms with Gasteiger partial charge in [-0.25, -0.2) is 9.97 Å². The zero-order chi connectivity index (χ0) is 21.8. The minimum atomic E-state index is -0.0748. The van der Waals surface area contributed by atoms with Gasteiger partial charge >= 0.3 is 0 Å². The molecule has 2 heterocycles. The summed E-state index contributed by atoms with van der Waals surface area (Å²) in [6.45, 7) is 7.76. The molecular formula is C25H28N4OS. The van der Waals surface area contributed by atoms with Gasteiger partial charge in [0.1, 0.15) is 5.03 Å². The second-order valence-electron chi connectivity index (χ2n) is 8.18. The SMILES string of the molecule is Cc1cccc(Sc2nccnc2N2CCC[C@@H](C(=O)Nc3ccc(C)c(C)c3)C2)c1. The van der Waals surface area contributed by atoms with E-state index < -0.39 is 0 Å². The Hall–Kier alpha value is -2.86. The molecule has 4 rings (SSSR count). The van der Waals surface area contributed by atoms with E-state index in [-0.39, 0.29) is 11.8 Å². The van der Waals surface area contributed by atoms with Crippen LogP contribution >= 0.6 is 11.8 Å². The summed E-state index contributed by atoms with van der Waals surface area (Å²) < 4.78 is 0. The highest BCUT2D eigenvalue weighted by Crippen LogP contribution is 2.34. The standard InChI is InChI=1S/C25H28N4OS/c1-17-6-4-8-22(14-17)31-25-23(26-11-12-27-25)29-13-5-7-20(16-29)24(30)28-21-10-9-18(2)19(3)15-21/h4,6,8-12,14-15,20H,5,7,13,16H2,1-3H3,(H,28,30)/t20-/m1/s1. The molecule has 1 saturated heterocycles. The van der Waals surface area contributed by atoms with Crippen molar-refractivity contribution in [2.75, 3.05) is 23.3 Å². The van der Waals surface area contributed by atoms with Gasteiger partial charge in [-0.1, -0.05) is 35.5 Å². The highest BCUT2D eigenvalue weighted by Gasteiger charge is 2.28. The van der Waals surface area contributed by atoms with E-state index in [1.807, 2.05) is 18.2 Å². The third-order valence-corrected chi connectivity index (χ3v) is 6.69. The molecule has 6 heteroatoms. The Morgan fingerprint density at radius 1 is 1.06 bits per heavy atom. The number of carbonyl (C=O) groups excluding carboxylic acids is 1. The molecule has 160 valence electrons. The maximum atomic E-state index is 13.0. The predicted molar refractivity (Wildman–Crippen MR) is 127 cm³/mol. The number of carbonyl (C=O) groups is 1. The second-order valence-corrected chi connectivity index (χ2v) is 9.24. The van der Waals surface area contributed by atoms with Crippen LogP contribution in [0.5, 0.6) is 0 Å². The number of nitrogens with zero attached hydrogens (tertiary/aromatic N) is 3. The van der Waals surface area contributed by atoms with E-state index in [1.165, 1.54) is 16.7 Å². The molecule has 1 aromatic heterocycles. The lowest BCUT2D eigenvalue weighted by Crippen LogP contribution is -2.41. The first-order valence-corrected chi connectivity index (χ1v) is 11.5. The summed E-state index contributed by atoms with van der Waals surface area (Å²) in [5.74, 6) is 0.858. The summed E-state index contributed by atoms with van der Waals surface area (Å²) in [6, 6.07) is 14.4. The molecule has 31 heavy (non-hydrogen) atoms. The van der Waals surface area contributed by atoms with Gasteiger partial charge in [0.25, 0.3) is 0 Å². The van der Waals surface area contributed by atoms with Crippen molar-refractivity contribution in [1.29, 1.82) is 0 Å². The predicted octanol–water partition coefficient (Wildman–Crippen LogP) is 5.41. The normalized spacial score (nSPS) is 16.2. The van der Waals surface area contributed by atoms with E-state index in [4.69, 9.17) is 0 Å². The Bertz CT molecular complexity index is 1080. The van der Waals surface area contributed by atoms with E-state index in [9.17, 15) is 4.79 Å². The Morgan fingerprint density at radius 2 is 1.90 bits per heavy atom. The molecular weight excluding hydrogens is 404 g/mol. The van der Waals surface area contributed by atoms with Crippen LogP contribution in [0.1, 0.15) is 29.5 Å². The molecule has 0 aliphatic carbocycles. The fraction of sp³-hybridized carbons (Fsp3) is 0.320. The van der Waals surface area contributed by atoms with Crippen LogP contribution < -0.4 is 10.2 Å². The van der Waals surface area contributed by atoms with Crippen molar-refractivity contribution in [2.45, 2.75) is 43.5 Å². The number of piperidine rings is 1. The molecule has 1 fully saturated rings. The quantitative estimate of drug-likeness (QED) is 0.584. The highest BCUT2D eigenvalue weighted by atomic mass is 32.2. The molecule has 0 unspecified atom stereocenters. The lowest BCUT2D eigenvalue weighted by Gasteiger charge is -2.33. The molecule has 0 radical (unpaired) electrons. The van der Waals surface area contributed by atoms with Crippen LogP contribution in [-0.2, 0) is 4.79 Å². The monoisotopic (exact) mass is 432 g/mol. The molecule has 1 aliphatic rings. The number of aryl methyl sites for hydroxylation is 3. The maximum Gasteiger partial charge on any atom is 0.229 e. The maximum absolute atomic E-state index is 13.0. The van der Waals surface area contributed by atoms with E-state index in [2.05, 4.69) is 65.2 Å². The third kappa shape index (κ3) is 5.25. The summed E-state index contributed by atoms with van der Waals surface area (Å²) in [5, 5.41) is 3.98. The molecule has 0 bridgehead atoms. The van der Waals surface area contributed by atoms with Gasteiger partial charge in [0, 0.05) is 36.1 Å². The van der Waals surface area contributed by atoms with E-state index in [0.29, 0.717) is 6.54 Å². The van der Waals surface area contributed by atoms with Gasteiger partial charge in [-0.05, 0) is 69.0 Å². The fourth-order valence-electron chi connectivity index (χ4n) is 3.84. The highest BCUT2D eigenvalue weighted by molar-refractivity contribution is 7.99. The number of amides is 1. The fourth-order valence-corrected chi connectivity index (χ4v) is 4.85. The van der Waals surface area contributed by atoms with Gasteiger partial charge in [-0.2, -0.15) is 0 Å². The average Bonchev–Trinajstić information content (AvgIpc) is 2.77. The summed E-state index contributed by atoms with van der Waals surface area (Å²) in [7, 11) is 0. The largest absolute Gasteiger partial charge is 0.354 e. The van der Waals surface area contributed by atoms with Gasteiger partial charge in [0.05, 0.1) is 5.92 Å². The van der Waals surface area contributed by atoms with Crippen LogP contribution in [0, 0.1) is 26.7 Å². The third-order valence-electron chi connectivity index (χ3n) is 5.72. The molecule has 1 N–H and O–H groups in total. The van der Waals surface area contributed by atoms with Crippen LogP contribution in [0.4, 0.5) is 11.5 Å². The van der Waals surface area contributed by atoms with Crippen molar-refractivity contribution in [3.63, 3.8) is 0 Å². The first kappa shape index (κ1) is 21.4. The number of anilines is 2. The molecule has 2 aromatic carbocycles. The number of hydrogen-bond donors (Lipinski definition) is 1. The summed E-state index contributed by atoms with van der Waals surface area (Å²) in [6.07, 6.45) is 5.30. The zero-order valence-electron chi connectivity index (χ0n) is 18.3. The van der Waals surface area contributed by atoms with Crippen molar-refractivity contribution in [2.24, 2.45) is 5.92 Å². The van der Waals surface area contributed by atoms with E-state index in [0.717, 1.165) is 40.8 Å². The number of rotatable bonds is 5. The van der Waals surface area contributed by atoms with Crippen molar-refractivity contribution >= 4 is 29.2 Å². The Balaban J connectivity index is 1.48. The van der Waals surface area contributed by atoms with Gasteiger partial charge in [0.2, 0.25) is 5.91 Å². The van der Waals surface area contributed by atoms with Crippen LogP contribution in [0.15, 0.2) is 64.8 Å². The minimum absolute atomic E-state index is 0.0738. The van der Waals surface area contributed by atoms with Crippen LogP contribution in [0.2, 0.25) is 0 Å². The van der Waals surface area contributed by atoms with Crippen molar-refractivity contribution in [3.05, 3.63) is 71.5 Å². The number of benzene rings is 2. The summed E-state index contributed by atoms with van der Waals surface area (Å²) >= 11 is 1.62. The van der Waals surface area contributed by atoms with E-state index >= 15 is 0 Å². The van der Waals surface area contributed by atoms with Crippen molar-refractivity contribution in [3.8, 4) is 0 Å². The molecule has 5 nitrogen and oxygen atoms in total. The van der Waals surface area contributed by atoms with Gasteiger partial charge in [-0.3, -0.25) is 4.79 Å². The minimum Gasteiger partial charge on any atom is -0.354 e. The van der Waals surface area contributed by atoms with Crippen LogP contribution in [0.3, 0.4) is 0 Å². The first-order valence-electron chi connectivity index (χ1n) is 10.7. The van der Waals surface area contributed by atoms with Crippen LogP contribution in [-0.4, -0.2) is 29.0 Å². The number of aromatic nitrogens is 2. The molecule has 0 spiro atoms. The smallest absolute Gasteiger partial charge is 0.229 e. The topological polar surface area (TPSA) is 58.1 Å². The average molecular weight is 433 g/mol. The van der Waals surface area contributed by atoms with Crippen molar-refractivity contribution in [1.82, 2.24) is 9.97 Å². The lowest BCUT2D eigenvalue weighted by atomic mass is 9.97. The lowest BCUT2D eigenvalue weighted by molar-refractivity contribution is -0.120. The van der Waals surface area contributed by atoms with Crippen molar-refractivity contribution < 1.29 is 4.79 Å². The molecule has 1 amide bonds. The Labute approximate surface area is 188 Å². The second kappa shape index (κ2) is 9.52. The van der Waals surface area contributed by atoms with Gasteiger partial charge < -0.3 is 10.2 Å². The zero-order valence-corrected chi connectivity index (χ0v) is 19.1. The molecule has 0 saturated carbocycles. The van der Waals surface area contributed by atoms with Gasteiger partial charge in [-0.15, -0.1) is 0 Å². The summed E-state index contributed by atoms with van der Waals surface area (Å²) in [4.78, 5) is 25.5. The van der Waals surface area contributed by atoms with Crippen LogP contribution in [0.25, 0.3) is 0 Å². The number of nitrogens with one attached hydrogen (secondary N) is 1. The first-order chi connectivity index (χ1) is 15.0. The van der Waals surface area contributed by atoms with Gasteiger partial charge in [0.15, 0.2) is 5.82 Å². The summed E-state index contributed by atoms with van der Waals surface area (Å²) in [5.41, 5.74) is 4.49. The number of hydrogen-bond acceptors (Lipinski definition) is 5. The Morgan fingerprint density at radius 3 is 2.71 bits per heavy atom. The van der Waals surface area contributed by atoms with E-state index in [1.54, 1.807) is 24.2 Å². The molecule has 1 aliphatic heterocycles. The molecule has 1 atom stereocenters. The molecule has 3 aromatic rings. The Kier molecular flexibility index (Phi) is 6.56.